The number of aromatic nitrogens is 2. The normalized spacial score (nSPS) is 10.7. The second-order valence-corrected chi connectivity index (χ2v) is 6.71. The molecule has 130 valence electrons. The maximum atomic E-state index is 5.22. The van der Waals surface area contributed by atoms with Crippen LogP contribution >= 0.6 is 11.8 Å². The van der Waals surface area contributed by atoms with Crippen molar-refractivity contribution in [1.29, 1.82) is 0 Å². The van der Waals surface area contributed by atoms with Crippen molar-refractivity contribution < 1.29 is 9.47 Å². The van der Waals surface area contributed by atoms with Crippen LogP contribution < -0.4 is 9.47 Å². The molecule has 0 aliphatic heterocycles. The predicted molar refractivity (Wildman–Crippen MR) is 102 cm³/mol. The molecule has 0 radical (unpaired) electrons. The molecule has 0 N–H and O–H groups in total. The summed E-state index contributed by atoms with van der Waals surface area (Å²) in [6.07, 6.45) is 1.95. The molecule has 0 saturated heterocycles. The van der Waals surface area contributed by atoms with E-state index in [9.17, 15) is 0 Å². The van der Waals surface area contributed by atoms with Gasteiger partial charge in [0.1, 0.15) is 17.3 Å². The number of ether oxygens (including phenoxy) is 2. The second-order valence-electron chi connectivity index (χ2n) is 5.71. The minimum absolute atomic E-state index is 0.806. The third-order valence-electron chi connectivity index (χ3n) is 4.06. The molecule has 25 heavy (non-hydrogen) atoms. The van der Waals surface area contributed by atoms with Gasteiger partial charge in [0.2, 0.25) is 0 Å². The van der Waals surface area contributed by atoms with Gasteiger partial charge in [0.15, 0.2) is 0 Å². The number of thioether (sulfide) groups is 1. The molecule has 0 unspecified atom stereocenters. The smallest absolute Gasteiger partial charge is 0.118 e. The van der Waals surface area contributed by atoms with Gasteiger partial charge in [-0.2, -0.15) is 0 Å². The Hall–Kier alpha value is -2.40. The van der Waals surface area contributed by atoms with E-state index in [2.05, 4.69) is 33.8 Å². The molecular formula is C20H22N2O2S. The lowest BCUT2D eigenvalue weighted by Crippen LogP contribution is -2.03. The zero-order chi connectivity index (χ0) is 17.6. The number of rotatable bonds is 7. The SMILES string of the molecule is COc1ccc(CSc2cnc(C)n2Cc2ccc(OC)cc2)cc1. The number of benzene rings is 2. The second kappa shape index (κ2) is 8.12. The molecule has 5 heteroatoms. The van der Waals surface area contributed by atoms with E-state index >= 15 is 0 Å². The molecule has 0 saturated carbocycles. The van der Waals surface area contributed by atoms with Gasteiger partial charge in [0.05, 0.1) is 25.4 Å². The Morgan fingerprint density at radius 1 is 0.880 bits per heavy atom. The molecule has 2 aromatic carbocycles. The highest BCUT2D eigenvalue weighted by atomic mass is 32.2. The molecule has 0 atom stereocenters. The topological polar surface area (TPSA) is 36.3 Å². The fourth-order valence-electron chi connectivity index (χ4n) is 2.55. The summed E-state index contributed by atoms with van der Waals surface area (Å²) in [5.74, 6) is 3.68. The number of aryl methyl sites for hydroxylation is 1. The van der Waals surface area contributed by atoms with Crippen LogP contribution in [0, 0.1) is 6.92 Å². The third-order valence-corrected chi connectivity index (χ3v) is 5.16. The Balaban J connectivity index is 1.69. The van der Waals surface area contributed by atoms with Crippen molar-refractivity contribution in [2.45, 2.75) is 24.2 Å². The first-order chi connectivity index (χ1) is 12.2. The summed E-state index contributed by atoms with van der Waals surface area (Å²) in [6, 6.07) is 16.4. The summed E-state index contributed by atoms with van der Waals surface area (Å²) in [4.78, 5) is 4.48. The van der Waals surface area contributed by atoms with E-state index in [1.165, 1.54) is 16.2 Å². The molecule has 0 spiro atoms. The van der Waals surface area contributed by atoms with Crippen molar-refractivity contribution in [2.75, 3.05) is 14.2 Å². The van der Waals surface area contributed by atoms with E-state index in [4.69, 9.17) is 9.47 Å². The molecule has 0 aliphatic carbocycles. The predicted octanol–water partition coefficient (Wildman–Crippen LogP) is 4.55. The van der Waals surface area contributed by atoms with Crippen molar-refractivity contribution in [1.82, 2.24) is 9.55 Å². The first-order valence-electron chi connectivity index (χ1n) is 8.10. The van der Waals surface area contributed by atoms with E-state index in [-0.39, 0.29) is 0 Å². The average Bonchev–Trinajstić information content (AvgIpc) is 3.01. The Kier molecular flexibility index (Phi) is 5.66. The van der Waals surface area contributed by atoms with Gasteiger partial charge in [-0.3, -0.25) is 0 Å². The van der Waals surface area contributed by atoms with Gasteiger partial charge < -0.3 is 14.0 Å². The van der Waals surface area contributed by atoms with Crippen LogP contribution in [-0.2, 0) is 12.3 Å². The van der Waals surface area contributed by atoms with Crippen LogP contribution in [0.15, 0.2) is 59.8 Å². The van der Waals surface area contributed by atoms with E-state index < -0.39 is 0 Å². The minimum Gasteiger partial charge on any atom is -0.497 e. The van der Waals surface area contributed by atoms with Gasteiger partial charge in [-0.15, -0.1) is 11.8 Å². The van der Waals surface area contributed by atoms with Gasteiger partial charge in [-0.1, -0.05) is 24.3 Å². The van der Waals surface area contributed by atoms with Gasteiger partial charge in [0.25, 0.3) is 0 Å². The highest BCUT2D eigenvalue weighted by Gasteiger charge is 2.09. The van der Waals surface area contributed by atoms with Crippen LogP contribution in [0.5, 0.6) is 11.5 Å². The van der Waals surface area contributed by atoms with Crippen LogP contribution in [-0.4, -0.2) is 23.8 Å². The Morgan fingerprint density at radius 3 is 2.00 bits per heavy atom. The molecule has 3 aromatic rings. The molecule has 1 heterocycles. The van der Waals surface area contributed by atoms with Crippen LogP contribution in [0.25, 0.3) is 0 Å². The number of imidazole rings is 1. The molecule has 1 aromatic heterocycles. The summed E-state index contributed by atoms with van der Waals surface area (Å²) >= 11 is 1.80. The first kappa shape index (κ1) is 17.4. The molecule has 4 nitrogen and oxygen atoms in total. The van der Waals surface area contributed by atoms with E-state index in [0.29, 0.717) is 0 Å². The Bertz CT molecular complexity index is 811. The monoisotopic (exact) mass is 354 g/mol. The molecule has 0 aliphatic rings. The summed E-state index contributed by atoms with van der Waals surface area (Å²) < 4.78 is 12.7. The maximum absolute atomic E-state index is 5.22. The summed E-state index contributed by atoms with van der Waals surface area (Å²) in [5, 5.41) is 1.17. The van der Waals surface area contributed by atoms with Crippen LogP contribution in [0.4, 0.5) is 0 Å². The average molecular weight is 354 g/mol. The summed E-state index contributed by atoms with van der Waals surface area (Å²) in [6.45, 7) is 2.85. The van der Waals surface area contributed by atoms with Crippen LogP contribution in [0.3, 0.4) is 0 Å². The van der Waals surface area contributed by atoms with Crippen molar-refractivity contribution in [3.05, 3.63) is 71.7 Å². The fraction of sp³-hybridized carbons (Fsp3) is 0.250. The lowest BCUT2D eigenvalue weighted by molar-refractivity contribution is 0.414. The summed E-state index contributed by atoms with van der Waals surface area (Å²) in [5.41, 5.74) is 2.49. The molecular weight excluding hydrogens is 332 g/mol. The number of hydrogen-bond acceptors (Lipinski definition) is 4. The third kappa shape index (κ3) is 4.37. The quantitative estimate of drug-likeness (QED) is 0.583. The largest absolute Gasteiger partial charge is 0.497 e. The molecule has 3 rings (SSSR count). The summed E-state index contributed by atoms with van der Waals surface area (Å²) in [7, 11) is 3.37. The van der Waals surface area contributed by atoms with Crippen LogP contribution in [0.1, 0.15) is 17.0 Å². The van der Waals surface area contributed by atoms with Gasteiger partial charge in [-0.25, -0.2) is 4.98 Å². The Labute approximate surface area is 152 Å². The van der Waals surface area contributed by atoms with E-state index in [0.717, 1.165) is 29.6 Å². The van der Waals surface area contributed by atoms with E-state index in [1.54, 1.807) is 26.0 Å². The molecule has 0 amide bonds. The molecule has 0 bridgehead atoms. The van der Waals surface area contributed by atoms with Gasteiger partial charge in [0, 0.05) is 12.3 Å². The standard InChI is InChI=1S/C20H22N2O2S/c1-15-21-12-20(25-14-17-6-10-19(24-3)11-7-17)22(15)13-16-4-8-18(23-2)9-5-16/h4-12H,13-14H2,1-3H3. The highest BCUT2D eigenvalue weighted by Crippen LogP contribution is 2.26. The Morgan fingerprint density at radius 2 is 1.44 bits per heavy atom. The first-order valence-corrected chi connectivity index (χ1v) is 9.09. The van der Waals surface area contributed by atoms with E-state index in [1.807, 2.05) is 37.4 Å². The lowest BCUT2D eigenvalue weighted by atomic mass is 10.2. The highest BCUT2D eigenvalue weighted by molar-refractivity contribution is 7.98. The lowest BCUT2D eigenvalue weighted by Gasteiger charge is -2.11. The number of methoxy groups -OCH3 is 2. The van der Waals surface area contributed by atoms with Crippen molar-refractivity contribution in [3.8, 4) is 11.5 Å². The van der Waals surface area contributed by atoms with Crippen molar-refractivity contribution >= 4 is 11.8 Å². The molecule has 0 fully saturated rings. The maximum Gasteiger partial charge on any atom is 0.118 e. The van der Waals surface area contributed by atoms with Crippen molar-refractivity contribution in [3.63, 3.8) is 0 Å². The number of nitrogens with zero attached hydrogens (tertiary/aromatic N) is 2. The fourth-order valence-corrected chi connectivity index (χ4v) is 3.53. The van der Waals surface area contributed by atoms with Crippen LogP contribution in [0.2, 0.25) is 0 Å². The van der Waals surface area contributed by atoms with Gasteiger partial charge >= 0.3 is 0 Å². The van der Waals surface area contributed by atoms with Gasteiger partial charge in [-0.05, 0) is 42.3 Å². The minimum atomic E-state index is 0.806. The zero-order valence-corrected chi connectivity index (χ0v) is 15.5. The number of hydrogen-bond donors (Lipinski definition) is 0. The zero-order valence-electron chi connectivity index (χ0n) is 14.7. The van der Waals surface area contributed by atoms with Crippen molar-refractivity contribution in [2.24, 2.45) is 0 Å².